The number of nitrogens with zero attached hydrogens (tertiary/aromatic N) is 2. The van der Waals surface area contributed by atoms with Crippen molar-refractivity contribution in [3.63, 3.8) is 0 Å². The Morgan fingerprint density at radius 1 is 1.09 bits per heavy atom. The van der Waals surface area contributed by atoms with Crippen molar-refractivity contribution in [3.05, 3.63) is 35.9 Å². The number of likely N-dealkylation sites (tertiary alicyclic amines) is 2. The molecular formula is C19H28N2O. The molecule has 0 spiro atoms. The van der Waals surface area contributed by atoms with Crippen LogP contribution in [0.1, 0.15) is 44.6 Å². The molecule has 2 aliphatic heterocycles. The maximum Gasteiger partial charge on any atom is 0.236 e. The lowest BCUT2D eigenvalue weighted by Gasteiger charge is -2.35. The summed E-state index contributed by atoms with van der Waals surface area (Å²) in [4.78, 5) is 17.2. The highest BCUT2D eigenvalue weighted by Crippen LogP contribution is 2.22. The van der Waals surface area contributed by atoms with Gasteiger partial charge in [0.15, 0.2) is 0 Å². The highest BCUT2D eigenvalue weighted by atomic mass is 16.2. The molecule has 2 fully saturated rings. The van der Waals surface area contributed by atoms with Crippen LogP contribution >= 0.6 is 0 Å². The van der Waals surface area contributed by atoms with Crippen molar-refractivity contribution in [1.29, 1.82) is 0 Å². The fourth-order valence-corrected chi connectivity index (χ4v) is 3.95. The monoisotopic (exact) mass is 300 g/mol. The first-order valence-electron chi connectivity index (χ1n) is 8.81. The molecule has 0 aromatic heterocycles. The second-order valence-corrected chi connectivity index (χ2v) is 6.89. The molecule has 0 aliphatic carbocycles. The summed E-state index contributed by atoms with van der Waals surface area (Å²) in [6.45, 7) is 4.84. The lowest BCUT2D eigenvalue weighted by atomic mass is 10.0. The van der Waals surface area contributed by atoms with E-state index < -0.39 is 0 Å². The maximum atomic E-state index is 12.6. The third-order valence-electron chi connectivity index (χ3n) is 5.27. The van der Waals surface area contributed by atoms with E-state index in [4.69, 9.17) is 0 Å². The molecule has 120 valence electrons. The van der Waals surface area contributed by atoms with Gasteiger partial charge in [0.1, 0.15) is 0 Å². The predicted molar refractivity (Wildman–Crippen MR) is 89.8 cm³/mol. The number of rotatable bonds is 4. The number of piperidine rings is 1. The number of amides is 1. The Kier molecular flexibility index (Phi) is 5.14. The van der Waals surface area contributed by atoms with Crippen LogP contribution in [-0.4, -0.2) is 47.4 Å². The standard InChI is InChI=1S/C19H28N2O/c1-16-8-5-6-13-21(16)19(22)15-20-12-7-11-18(20)14-17-9-3-2-4-10-17/h2-4,9-10,16,18H,5-8,11-15H2,1H3. The van der Waals surface area contributed by atoms with Gasteiger partial charge >= 0.3 is 0 Å². The van der Waals surface area contributed by atoms with Gasteiger partial charge in [0, 0.05) is 18.6 Å². The first-order valence-corrected chi connectivity index (χ1v) is 8.81. The lowest BCUT2D eigenvalue weighted by Crippen LogP contribution is -2.48. The zero-order valence-corrected chi connectivity index (χ0v) is 13.7. The Morgan fingerprint density at radius 3 is 2.68 bits per heavy atom. The SMILES string of the molecule is CC1CCCCN1C(=O)CN1CCCC1Cc1ccccc1. The Hall–Kier alpha value is -1.35. The van der Waals surface area contributed by atoms with E-state index in [1.807, 2.05) is 0 Å². The van der Waals surface area contributed by atoms with Crippen molar-refractivity contribution in [1.82, 2.24) is 9.80 Å². The highest BCUT2D eigenvalue weighted by molar-refractivity contribution is 5.78. The molecule has 1 aromatic carbocycles. The molecule has 2 aliphatic rings. The summed E-state index contributed by atoms with van der Waals surface area (Å²) < 4.78 is 0. The van der Waals surface area contributed by atoms with Gasteiger partial charge in [0.25, 0.3) is 0 Å². The number of carbonyl (C=O) groups is 1. The third kappa shape index (κ3) is 3.70. The van der Waals surface area contributed by atoms with E-state index in [2.05, 4.69) is 47.1 Å². The van der Waals surface area contributed by atoms with Crippen molar-refractivity contribution in [2.45, 2.75) is 57.5 Å². The molecule has 2 unspecified atom stereocenters. The molecule has 3 nitrogen and oxygen atoms in total. The normalized spacial score (nSPS) is 26.3. The van der Waals surface area contributed by atoms with Crippen LogP contribution in [0.4, 0.5) is 0 Å². The number of hydrogen-bond acceptors (Lipinski definition) is 2. The van der Waals surface area contributed by atoms with E-state index in [0.29, 0.717) is 24.5 Å². The van der Waals surface area contributed by atoms with Gasteiger partial charge in [-0.15, -0.1) is 0 Å². The second-order valence-electron chi connectivity index (χ2n) is 6.89. The minimum absolute atomic E-state index is 0.340. The first-order chi connectivity index (χ1) is 10.7. The smallest absolute Gasteiger partial charge is 0.236 e. The van der Waals surface area contributed by atoms with Gasteiger partial charge < -0.3 is 4.90 Å². The Bertz CT molecular complexity index is 487. The zero-order chi connectivity index (χ0) is 15.4. The molecular weight excluding hydrogens is 272 g/mol. The molecule has 1 amide bonds. The number of benzene rings is 1. The molecule has 3 rings (SSSR count). The van der Waals surface area contributed by atoms with Crippen LogP contribution in [0.3, 0.4) is 0 Å². The molecule has 3 heteroatoms. The average Bonchev–Trinajstić information content (AvgIpc) is 2.95. The fraction of sp³-hybridized carbons (Fsp3) is 0.632. The second kappa shape index (κ2) is 7.28. The third-order valence-corrected chi connectivity index (χ3v) is 5.27. The van der Waals surface area contributed by atoms with Gasteiger partial charge in [-0.3, -0.25) is 9.69 Å². The van der Waals surface area contributed by atoms with Crippen LogP contribution in [0.2, 0.25) is 0 Å². The molecule has 0 radical (unpaired) electrons. The van der Waals surface area contributed by atoms with E-state index in [0.717, 1.165) is 19.5 Å². The van der Waals surface area contributed by atoms with E-state index in [9.17, 15) is 4.79 Å². The number of hydrogen-bond donors (Lipinski definition) is 0. The van der Waals surface area contributed by atoms with Gasteiger partial charge in [-0.05, 0) is 57.6 Å². The van der Waals surface area contributed by atoms with E-state index in [-0.39, 0.29) is 0 Å². The summed E-state index contributed by atoms with van der Waals surface area (Å²) in [5.41, 5.74) is 1.39. The average molecular weight is 300 g/mol. The maximum absolute atomic E-state index is 12.6. The molecule has 0 saturated carbocycles. The molecule has 2 atom stereocenters. The Labute approximate surface area is 134 Å². The topological polar surface area (TPSA) is 23.6 Å². The van der Waals surface area contributed by atoms with Gasteiger partial charge in [0.2, 0.25) is 5.91 Å². The quantitative estimate of drug-likeness (QED) is 0.853. The van der Waals surface area contributed by atoms with Crippen molar-refractivity contribution >= 4 is 5.91 Å². The van der Waals surface area contributed by atoms with Crippen LogP contribution < -0.4 is 0 Å². The van der Waals surface area contributed by atoms with Crippen LogP contribution in [0, 0.1) is 0 Å². The van der Waals surface area contributed by atoms with Crippen molar-refractivity contribution < 1.29 is 4.79 Å². The van der Waals surface area contributed by atoms with Crippen molar-refractivity contribution in [3.8, 4) is 0 Å². The molecule has 1 aromatic rings. The molecule has 0 bridgehead atoms. The van der Waals surface area contributed by atoms with Crippen LogP contribution in [0.5, 0.6) is 0 Å². The van der Waals surface area contributed by atoms with Gasteiger partial charge in [-0.2, -0.15) is 0 Å². The van der Waals surface area contributed by atoms with Crippen LogP contribution in [0.15, 0.2) is 30.3 Å². The number of carbonyl (C=O) groups excluding carboxylic acids is 1. The van der Waals surface area contributed by atoms with E-state index in [1.165, 1.54) is 37.7 Å². The minimum atomic E-state index is 0.340. The Morgan fingerprint density at radius 2 is 1.91 bits per heavy atom. The molecule has 2 heterocycles. The van der Waals surface area contributed by atoms with Crippen molar-refractivity contribution in [2.75, 3.05) is 19.6 Å². The van der Waals surface area contributed by atoms with Gasteiger partial charge in [-0.25, -0.2) is 0 Å². The summed E-state index contributed by atoms with van der Waals surface area (Å²) in [7, 11) is 0. The van der Waals surface area contributed by atoms with E-state index >= 15 is 0 Å². The molecule has 0 N–H and O–H groups in total. The largest absolute Gasteiger partial charge is 0.339 e. The van der Waals surface area contributed by atoms with Gasteiger partial charge in [-0.1, -0.05) is 30.3 Å². The van der Waals surface area contributed by atoms with E-state index in [1.54, 1.807) is 0 Å². The van der Waals surface area contributed by atoms with Crippen molar-refractivity contribution in [2.24, 2.45) is 0 Å². The predicted octanol–water partition coefficient (Wildman–Crippen LogP) is 3.09. The summed E-state index contributed by atoms with van der Waals surface area (Å²) in [5, 5.41) is 0. The lowest BCUT2D eigenvalue weighted by molar-refractivity contribution is -0.135. The summed E-state index contributed by atoms with van der Waals surface area (Å²) >= 11 is 0. The summed E-state index contributed by atoms with van der Waals surface area (Å²) in [5.74, 6) is 0.340. The first kappa shape index (κ1) is 15.5. The minimum Gasteiger partial charge on any atom is -0.339 e. The zero-order valence-electron chi connectivity index (χ0n) is 13.7. The van der Waals surface area contributed by atoms with Gasteiger partial charge in [0.05, 0.1) is 6.54 Å². The Balaban J connectivity index is 1.57. The summed E-state index contributed by atoms with van der Waals surface area (Å²) in [6, 6.07) is 11.6. The fourth-order valence-electron chi connectivity index (χ4n) is 3.95. The summed E-state index contributed by atoms with van der Waals surface area (Å²) in [6.07, 6.45) is 7.12. The molecule has 2 saturated heterocycles. The van der Waals surface area contributed by atoms with Crippen LogP contribution in [0.25, 0.3) is 0 Å². The molecule has 22 heavy (non-hydrogen) atoms. The van der Waals surface area contributed by atoms with Crippen LogP contribution in [-0.2, 0) is 11.2 Å². The highest BCUT2D eigenvalue weighted by Gasteiger charge is 2.30.